The van der Waals surface area contributed by atoms with E-state index < -0.39 is 5.97 Å². The van der Waals surface area contributed by atoms with Crippen LogP contribution in [0.25, 0.3) is 0 Å². The number of nitrogen functional groups attached to an aromatic ring is 1. The molecule has 0 atom stereocenters. The van der Waals surface area contributed by atoms with E-state index in [1.807, 2.05) is 0 Å². The van der Waals surface area contributed by atoms with Gasteiger partial charge in [0.2, 0.25) is 0 Å². The van der Waals surface area contributed by atoms with Gasteiger partial charge in [-0.25, -0.2) is 14.8 Å². The number of carbonyl (C=O) groups is 1. The summed E-state index contributed by atoms with van der Waals surface area (Å²) in [5.41, 5.74) is 6.06. The largest absolute Gasteiger partial charge is 0.454 e. The number of nitrogens with zero attached hydrogens (tertiary/aromatic N) is 2. The molecule has 2 aromatic rings. The number of rotatable bonds is 3. The van der Waals surface area contributed by atoms with Crippen LogP contribution in [0.15, 0.2) is 30.6 Å². The number of carbonyl (C=O) groups excluding carboxylic acids is 1. The summed E-state index contributed by atoms with van der Waals surface area (Å²) in [6.07, 6.45) is 3.13. The van der Waals surface area contributed by atoms with Gasteiger partial charge < -0.3 is 10.5 Å². The van der Waals surface area contributed by atoms with E-state index in [4.69, 9.17) is 33.7 Å². The van der Waals surface area contributed by atoms with E-state index in [1.54, 1.807) is 18.5 Å². The third-order valence-electron chi connectivity index (χ3n) is 2.24. The maximum absolute atomic E-state index is 11.8. The fourth-order valence-electron chi connectivity index (χ4n) is 1.35. The molecule has 0 bridgehead atoms. The van der Waals surface area contributed by atoms with Crippen LogP contribution < -0.4 is 5.73 Å². The minimum Gasteiger partial charge on any atom is -0.454 e. The average molecular weight is 298 g/mol. The van der Waals surface area contributed by atoms with Gasteiger partial charge in [0.25, 0.3) is 0 Å². The maximum Gasteiger partial charge on any atom is 0.338 e. The molecule has 0 aliphatic heterocycles. The highest BCUT2D eigenvalue weighted by atomic mass is 35.5. The maximum atomic E-state index is 11.8. The summed E-state index contributed by atoms with van der Waals surface area (Å²) in [5, 5.41) is 0.411. The van der Waals surface area contributed by atoms with Crippen molar-refractivity contribution in [1.82, 2.24) is 9.97 Å². The van der Waals surface area contributed by atoms with Crippen LogP contribution in [-0.2, 0) is 11.3 Å². The zero-order valence-electron chi connectivity index (χ0n) is 9.64. The monoisotopic (exact) mass is 297 g/mol. The standard InChI is InChI=1S/C12H9Cl2N3O2/c13-8-4-7(5-9(15)11(8)14)12(18)19-6-10-16-2-1-3-17-10/h1-5H,6,15H2. The molecule has 1 aromatic heterocycles. The van der Waals surface area contributed by atoms with Crippen molar-refractivity contribution in [2.45, 2.75) is 6.61 Å². The number of hydrogen-bond donors (Lipinski definition) is 1. The van der Waals surface area contributed by atoms with Gasteiger partial charge in [-0.15, -0.1) is 0 Å². The second-order valence-corrected chi connectivity index (χ2v) is 4.39. The molecule has 0 saturated carbocycles. The van der Waals surface area contributed by atoms with Crippen molar-refractivity contribution in [3.8, 4) is 0 Å². The van der Waals surface area contributed by atoms with E-state index in [9.17, 15) is 4.79 Å². The van der Waals surface area contributed by atoms with Crippen molar-refractivity contribution in [1.29, 1.82) is 0 Å². The first-order valence-corrected chi connectivity index (χ1v) is 6.01. The van der Waals surface area contributed by atoms with Crippen LogP contribution in [0, 0.1) is 0 Å². The zero-order valence-corrected chi connectivity index (χ0v) is 11.1. The molecule has 0 amide bonds. The predicted molar refractivity (Wildman–Crippen MR) is 72.0 cm³/mol. The van der Waals surface area contributed by atoms with Gasteiger partial charge in [-0.05, 0) is 18.2 Å². The number of halogens is 2. The Kier molecular flexibility index (Phi) is 4.19. The van der Waals surface area contributed by atoms with Crippen molar-refractivity contribution in [3.05, 3.63) is 52.0 Å². The summed E-state index contributed by atoms with van der Waals surface area (Å²) in [7, 11) is 0. The van der Waals surface area contributed by atoms with Crippen LogP contribution >= 0.6 is 23.2 Å². The Bertz CT molecular complexity index is 582. The molecular weight excluding hydrogens is 289 g/mol. The van der Waals surface area contributed by atoms with Gasteiger partial charge in [0.1, 0.15) is 0 Å². The second kappa shape index (κ2) is 5.86. The Morgan fingerprint density at radius 1 is 1.26 bits per heavy atom. The lowest BCUT2D eigenvalue weighted by molar-refractivity contribution is 0.0462. The first kappa shape index (κ1) is 13.6. The number of ether oxygens (including phenoxy) is 1. The summed E-state index contributed by atoms with van der Waals surface area (Å²) in [4.78, 5) is 19.7. The number of anilines is 1. The molecule has 0 radical (unpaired) electrons. The molecule has 0 saturated heterocycles. The normalized spacial score (nSPS) is 10.2. The molecule has 7 heteroatoms. The van der Waals surface area contributed by atoms with Crippen LogP contribution in [0.4, 0.5) is 5.69 Å². The topological polar surface area (TPSA) is 78.1 Å². The third-order valence-corrected chi connectivity index (χ3v) is 3.06. The third kappa shape index (κ3) is 3.33. The minimum absolute atomic E-state index is 0.0280. The first-order valence-electron chi connectivity index (χ1n) is 5.25. The Hall–Kier alpha value is -1.85. The molecule has 5 nitrogen and oxygen atoms in total. The summed E-state index contributed by atoms with van der Waals surface area (Å²) >= 11 is 11.6. The smallest absolute Gasteiger partial charge is 0.338 e. The number of hydrogen-bond acceptors (Lipinski definition) is 5. The molecule has 2 rings (SSSR count). The molecule has 0 fully saturated rings. The van der Waals surface area contributed by atoms with Crippen LogP contribution in [0.2, 0.25) is 10.0 Å². The summed E-state index contributed by atoms with van der Waals surface area (Å²) < 4.78 is 5.04. The number of benzene rings is 1. The highest BCUT2D eigenvalue weighted by Crippen LogP contribution is 2.29. The van der Waals surface area contributed by atoms with Crippen molar-refractivity contribution >= 4 is 34.9 Å². The number of nitrogens with two attached hydrogens (primary N) is 1. The highest BCUT2D eigenvalue weighted by molar-refractivity contribution is 6.43. The molecular formula is C12H9Cl2N3O2. The minimum atomic E-state index is -0.572. The molecule has 0 spiro atoms. The molecule has 0 aliphatic carbocycles. The summed E-state index contributed by atoms with van der Waals surface area (Å²) in [6, 6.07) is 4.47. The van der Waals surface area contributed by atoms with Gasteiger partial charge in [0.05, 0.1) is 21.3 Å². The van der Waals surface area contributed by atoms with E-state index in [2.05, 4.69) is 9.97 Å². The fraction of sp³-hybridized carbons (Fsp3) is 0.0833. The lowest BCUT2D eigenvalue weighted by atomic mass is 10.2. The Balaban J connectivity index is 2.08. The van der Waals surface area contributed by atoms with Gasteiger partial charge in [-0.3, -0.25) is 0 Å². The first-order chi connectivity index (χ1) is 9.08. The summed E-state index contributed by atoms with van der Waals surface area (Å²) in [5.74, 6) is -0.165. The van der Waals surface area contributed by atoms with Crippen LogP contribution in [-0.4, -0.2) is 15.9 Å². The van der Waals surface area contributed by atoms with E-state index in [-0.39, 0.29) is 27.9 Å². The van der Waals surface area contributed by atoms with Gasteiger partial charge >= 0.3 is 5.97 Å². The fourth-order valence-corrected chi connectivity index (χ4v) is 1.68. The van der Waals surface area contributed by atoms with Crippen molar-refractivity contribution in [3.63, 3.8) is 0 Å². The number of esters is 1. The molecule has 2 N–H and O–H groups in total. The van der Waals surface area contributed by atoms with Crippen molar-refractivity contribution in [2.24, 2.45) is 0 Å². The second-order valence-electron chi connectivity index (χ2n) is 3.60. The predicted octanol–water partition coefficient (Wildman–Crippen LogP) is 2.72. The molecule has 19 heavy (non-hydrogen) atoms. The molecule has 0 aliphatic rings. The lowest BCUT2D eigenvalue weighted by Gasteiger charge is -2.06. The van der Waals surface area contributed by atoms with Gasteiger partial charge in [0.15, 0.2) is 12.4 Å². The Morgan fingerprint density at radius 3 is 2.58 bits per heavy atom. The molecule has 1 heterocycles. The lowest BCUT2D eigenvalue weighted by Crippen LogP contribution is -2.08. The molecule has 1 aromatic carbocycles. The molecule has 0 unspecified atom stereocenters. The van der Waals surface area contributed by atoms with Gasteiger partial charge in [-0.2, -0.15) is 0 Å². The summed E-state index contributed by atoms with van der Waals surface area (Å²) in [6.45, 7) is -0.0280. The average Bonchev–Trinajstić information content (AvgIpc) is 2.42. The van der Waals surface area contributed by atoms with E-state index in [0.29, 0.717) is 5.82 Å². The van der Waals surface area contributed by atoms with Crippen LogP contribution in [0.3, 0.4) is 0 Å². The van der Waals surface area contributed by atoms with E-state index in [1.165, 1.54) is 12.1 Å². The van der Waals surface area contributed by atoms with E-state index in [0.717, 1.165) is 0 Å². The Morgan fingerprint density at radius 2 is 1.95 bits per heavy atom. The number of aromatic nitrogens is 2. The SMILES string of the molecule is Nc1cc(C(=O)OCc2ncccn2)cc(Cl)c1Cl. The Labute approximate surface area is 119 Å². The van der Waals surface area contributed by atoms with Crippen LogP contribution in [0.1, 0.15) is 16.2 Å². The van der Waals surface area contributed by atoms with Crippen LogP contribution in [0.5, 0.6) is 0 Å². The zero-order chi connectivity index (χ0) is 13.8. The van der Waals surface area contributed by atoms with Gasteiger partial charge in [0, 0.05) is 12.4 Å². The van der Waals surface area contributed by atoms with Gasteiger partial charge in [-0.1, -0.05) is 23.2 Å². The quantitative estimate of drug-likeness (QED) is 0.696. The molecule has 98 valence electrons. The van der Waals surface area contributed by atoms with E-state index >= 15 is 0 Å². The van der Waals surface area contributed by atoms with Crippen molar-refractivity contribution < 1.29 is 9.53 Å². The highest BCUT2D eigenvalue weighted by Gasteiger charge is 2.13. The van der Waals surface area contributed by atoms with Crippen molar-refractivity contribution in [2.75, 3.05) is 5.73 Å².